The predicted molar refractivity (Wildman–Crippen MR) is 105 cm³/mol. The number of nitrogen functional groups attached to an aromatic ring is 2. The highest BCUT2D eigenvalue weighted by atomic mass is 35.5. The summed E-state index contributed by atoms with van der Waals surface area (Å²) in [5.41, 5.74) is 18.3. The van der Waals surface area contributed by atoms with E-state index >= 15 is 0 Å². The van der Waals surface area contributed by atoms with E-state index in [9.17, 15) is 5.11 Å². The van der Waals surface area contributed by atoms with Crippen LogP contribution in [0, 0.1) is 16.7 Å². The summed E-state index contributed by atoms with van der Waals surface area (Å²) in [5.74, 6) is 0.184. The third kappa shape index (κ3) is 5.26. The van der Waals surface area contributed by atoms with Crippen LogP contribution in [-0.2, 0) is 6.54 Å². The Morgan fingerprint density at radius 3 is 2.46 bits per heavy atom. The molecule has 0 saturated carbocycles. The van der Waals surface area contributed by atoms with Gasteiger partial charge in [-0.15, -0.1) is 24.8 Å². The highest BCUT2D eigenvalue weighted by Crippen LogP contribution is 2.20. The highest BCUT2D eigenvalue weighted by Gasteiger charge is 2.04. The lowest BCUT2D eigenvalue weighted by molar-refractivity contribution is 0.460. The van der Waals surface area contributed by atoms with E-state index in [-0.39, 0.29) is 36.4 Å². The molecule has 8 N–H and O–H groups in total. The molecule has 138 valence electrons. The smallest absolute Gasteiger partial charge is 0.174 e. The van der Waals surface area contributed by atoms with Gasteiger partial charge in [0.2, 0.25) is 0 Å². The van der Waals surface area contributed by atoms with Crippen LogP contribution in [0.5, 0.6) is 5.75 Å². The van der Waals surface area contributed by atoms with Gasteiger partial charge in [-0.2, -0.15) is 5.26 Å². The highest BCUT2D eigenvalue weighted by molar-refractivity contribution is 5.97. The van der Waals surface area contributed by atoms with Crippen LogP contribution in [-0.4, -0.2) is 16.1 Å². The number of rotatable bonds is 2. The number of hydrogen-bond donors (Lipinski definition) is 5. The maximum atomic E-state index is 9.32. The second-order valence-corrected chi connectivity index (χ2v) is 4.86. The number of fused-ring (bicyclic) bond motifs is 1. The number of phenols is 1. The SMILES string of the molecule is Cl.Cl.N#Cc1ccc2onc(N)c2c1.N=C(N)c1ccc(CN)cc1O. The van der Waals surface area contributed by atoms with Crippen molar-refractivity contribution in [1.82, 2.24) is 5.16 Å². The normalized spacial score (nSPS) is 9.08. The fourth-order valence-electron chi connectivity index (χ4n) is 1.96. The first-order valence-electron chi connectivity index (χ1n) is 6.87. The Bertz CT molecular complexity index is 936. The van der Waals surface area contributed by atoms with Gasteiger partial charge < -0.3 is 26.8 Å². The molecule has 0 unspecified atom stereocenters. The fraction of sp³-hybridized carbons (Fsp3) is 0.0625. The zero-order valence-corrected chi connectivity index (χ0v) is 15.1. The third-order valence-electron chi connectivity index (χ3n) is 3.21. The molecule has 10 heteroatoms. The first-order chi connectivity index (χ1) is 11.5. The van der Waals surface area contributed by atoms with Crippen molar-refractivity contribution in [3.63, 3.8) is 0 Å². The van der Waals surface area contributed by atoms with E-state index in [1.165, 1.54) is 6.07 Å². The molecule has 8 nitrogen and oxygen atoms in total. The Morgan fingerprint density at radius 1 is 1.23 bits per heavy atom. The van der Waals surface area contributed by atoms with E-state index in [0.717, 1.165) is 5.56 Å². The standard InChI is InChI=1S/C8H5N3O.C8H11N3O.2ClH/c9-4-5-1-2-7-6(3-5)8(10)11-12-7;9-4-5-1-2-6(8(10)11)7(12)3-5;;/h1-3H,(H2,10,11);1-3,12H,4,9H2,(H3,10,11);2*1H. The minimum absolute atomic E-state index is 0. The lowest BCUT2D eigenvalue weighted by Crippen LogP contribution is -2.11. The van der Waals surface area contributed by atoms with E-state index in [1.807, 2.05) is 6.07 Å². The van der Waals surface area contributed by atoms with Crippen molar-refractivity contribution in [3.8, 4) is 11.8 Å². The molecule has 0 fully saturated rings. The van der Waals surface area contributed by atoms with Crippen LogP contribution in [0.4, 0.5) is 5.82 Å². The van der Waals surface area contributed by atoms with E-state index in [2.05, 4.69) is 5.16 Å². The van der Waals surface area contributed by atoms with Gasteiger partial charge in [0, 0.05) is 6.54 Å². The molecule has 0 radical (unpaired) electrons. The van der Waals surface area contributed by atoms with Gasteiger partial charge in [0.1, 0.15) is 11.6 Å². The molecule has 26 heavy (non-hydrogen) atoms. The van der Waals surface area contributed by atoms with Crippen LogP contribution in [0.25, 0.3) is 11.0 Å². The maximum Gasteiger partial charge on any atom is 0.174 e. The van der Waals surface area contributed by atoms with Gasteiger partial charge in [-0.1, -0.05) is 11.2 Å². The number of benzene rings is 2. The van der Waals surface area contributed by atoms with Crippen molar-refractivity contribution in [2.45, 2.75) is 6.54 Å². The summed E-state index contributed by atoms with van der Waals surface area (Å²) < 4.78 is 4.86. The summed E-state index contributed by atoms with van der Waals surface area (Å²) in [4.78, 5) is 0. The van der Waals surface area contributed by atoms with Gasteiger partial charge in [-0.05, 0) is 35.9 Å². The Labute approximate surface area is 161 Å². The van der Waals surface area contributed by atoms with E-state index in [0.29, 0.717) is 34.5 Å². The van der Waals surface area contributed by atoms with E-state index < -0.39 is 0 Å². The third-order valence-corrected chi connectivity index (χ3v) is 3.21. The molecule has 0 aliphatic rings. The monoisotopic (exact) mass is 396 g/mol. The molecule has 0 aliphatic carbocycles. The van der Waals surface area contributed by atoms with Gasteiger partial charge in [0.05, 0.1) is 22.6 Å². The molecule has 1 heterocycles. The zero-order valence-electron chi connectivity index (χ0n) is 13.5. The van der Waals surface area contributed by atoms with Crippen molar-refractivity contribution in [1.29, 1.82) is 10.7 Å². The van der Waals surface area contributed by atoms with Crippen molar-refractivity contribution in [3.05, 3.63) is 53.1 Å². The average molecular weight is 397 g/mol. The van der Waals surface area contributed by atoms with Gasteiger partial charge in [-0.3, -0.25) is 5.41 Å². The van der Waals surface area contributed by atoms with E-state index in [1.54, 1.807) is 30.3 Å². The summed E-state index contributed by atoms with van der Waals surface area (Å²) in [6.07, 6.45) is 0. The van der Waals surface area contributed by atoms with Crippen LogP contribution in [0.2, 0.25) is 0 Å². The molecule has 0 bridgehead atoms. The Hall–Kier alpha value is -2.99. The molecule has 3 aromatic rings. The fourth-order valence-corrected chi connectivity index (χ4v) is 1.96. The predicted octanol–water partition coefficient (Wildman–Crippen LogP) is 2.26. The van der Waals surface area contributed by atoms with Crippen molar-refractivity contribution in [2.75, 3.05) is 5.73 Å². The lowest BCUT2D eigenvalue weighted by atomic mass is 10.1. The number of halogens is 2. The summed E-state index contributed by atoms with van der Waals surface area (Å²) in [7, 11) is 0. The largest absolute Gasteiger partial charge is 0.507 e. The van der Waals surface area contributed by atoms with Gasteiger partial charge in [0.15, 0.2) is 11.4 Å². The average Bonchev–Trinajstić information content (AvgIpc) is 2.95. The second-order valence-electron chi connectivity index (χ2n) is 4.86. The summed E-state index contributed by atoms with van der Waals surface area (Å²) in [6, 6.07) is 11.8. The number of aromatic hydroxyl groups is 1. The number of anilines is 1. The van der Waals surface area contributed by atoms with Gasteiger partial charge in [-0.25, -0.2) is 0 Å². The summed E-state index contributed by atoms with van der Waals surface area (Å²) in [6.45, 7) is 0.367. The first kappa shape index (κ1) is 23.0. The summed E-state index contributed by atoms with van der Waals surface area (Å²) in [5, 5.41) is 29.2. The van der Waals surface area contributed by atoms with Crippen LogP contribution in [0.15, 0.2) is 40.9 Å². The number of nitrogens with two attached hydrogens (primary N) is 3. The number of hydrogen-bond acceptors (Lipinski definition) is 7. The lowest BCUT2D eigenvalue weighted by Gasteiger charge is -2.03. The number of amidine groups is 1. The minimum Gasteiger partial charge on any atom is -0.507 e. The van der Waals surface area contributed by atoms with Crippen LogP contribution >= 0.6 is 24.8 Å². The molecule has 3 rings (SSSR count). The van der Waals surface area contributed by atoms with Gasteiger partial charge >= 0.3 is 0 Å². The molecule has 0 atom stereocenters. The Morgan fingerprint density at radius 2 is 1.92 bits per heavy atom. The number of phenolic OH excluding ortho intramolecular Hbond substituents is 1. The van der Waals surface area contributed by atoms with Crippen LogP contribution in [0.3, 0.4) is 0 Å². The number of nitriles is 1. The molecular weight excluding hydrogens is 379 g/mol. The second kappa shape index (κ2) is 10.1. The Kier molecular flexibility index (Phi) is 8.94. The summed E-state index contributed by atoms with van der Waals surface area (Å²) >= 11 is 0. The molecule has 2 aromatic carbocycles. The molecular formula is C16H18Cl2N6O2. The van der Waals surface area contributed by atoms with Crippen molar-refractivity contribution >= 4 is 47.4 Å². The maximum absolute atomic E-state index is 9.32. The molecule has 0 spiro atoms. The molecule has 0 amide bonds. The quantitative estimate of drug-likeness (QED) is 0.326. The molecule has 1 aromatic heterocycles. The molecule has 0 aliphatic heterocycles. The number of nitrogens with zero attached hydrogens (tertiary/aromatic N) is 2. The molecule has 0 saturated heterocycles. The minimum atomic E-state index is -0.143. The van der Waals surface area contributed by atoms with Crippen molar-refractivity contribution in [2.24, 2.45) is 11.5 Å². The van der Waals surface area contributed by atoms with E-state index in [4.69, 9.17) is 32.4 Å². The first-order valence-corrected chi connectivity index (χ1v) is 6.87. The van der Waals surface area contributed by atoms with Crippen LogP contribution < -0.4 is 17.2 Å². The number of aromatic nitrogens is 1. The van der Waals surface area contributed by atoms with Gasteiger partial charge in [0.25, 0.3) is 0 Å². The Balaban J connectivity index is 0.000000446. The van der Waals surface area contributed by atoms with Crippen molar-refractivity contribution < 1.29 is 9.63 Å². The number of nitrogens with one attached hydrogen (secondary N) is 1. The van der Waals surface area contributed by atoms with Crippen LogP contribution in [0.1, 0.15) is 16.7 Å². The zero-order chi connectivity index (χ0) is 17.7. The topological polar surface area (TPSA) is 172 Å².